The van der Waals surface area contributed by atoms with Gasteiger partial charge in [-0.3, -0.25) is 5.32 Å². The first-order chi connectivity index (χ1) is 10.3. The number of aromatic carboxylic acids is 1. The summed E-state index contributed by atoms with van der Waals surface area (Å²) in [5, 5.41) is 15.1. The molecule has 0 aliphatic rings. The van der Waals surface area contributed by atoms with E-state index in [1.54, 1.807) is 45.0 Å². The minimum atomic E-state index is -1.12. The van der Waals surface area contributed by atoms with Crippen LogP contribution in [0.2, 0.25) is 0 Å². The first-order valence-corrected chi connectivity index (χ1v) is 6.55. The van der Waals surface area contributed by atoms with E-state index in [2.05, 4.69) is 10.5 Å². The lowest BCUT2D eigenvalue weighted by Crippen LogP contribution is -2.27. The number of nitrogens with zero attached hydrogens (tertiary/aromatic N) is 1. The summed E-state index contributed by atoms with van der Waals surface area (Å²) in [5.74, 6) is -0.955. The molecule has 0 spiro atoms. The fourth-order valence-electron chi connectivity index (χ4n) is 1.73. The van der Waals surface area contributed by atoms with Crippen molar-refractivity contribution in [2.24, 2.45) is 0 Å². The minimum absolute atomic E-state index is 0.0205. The molecule has 22 heavy (non-hydrogen) atoms. The van der Waals surface area contributed by atoms with E-state index in [0.29, 0.717) is 11.3 Å². The average Bonchev–Trinajstić information content (AvgIpc) is 2.86. The smallest absolute Gasteiger partial charge is 0.412 e. The van der Waals surface area contributed by atoms with Crippen molar-refractivity contribution in [3.8, 4) is 11.3 Å². The lowest BCUT2D eigenvalue weighted by atomic mass is 10.1. The number of amides is 1. The Morgan fingerprint density at radius 2 is 1.86 bits per heavy atom. The SMILES string of the molecule is CC(C)(C)OC(=O)Nc1ccc(-c2oncc2C(=O)O)cc1. The molecule has 1 aromatic heterocycles. The van der Waals surface area contributed by atoms with Gasteiger partial charge in [-0.1, -0.05) is 5.16 Å². The Morgan fingerprint density at radius 3 is 2.41 bits per heavy atom. The Hall–Kier alpha value is -2.83. The van der Waals surface area contributed by atoms with Gasteiger partial charge in [0, 0.05) is 11.3 Å². The van der Waals surface area contributed by atoms with Crippen LogP contribution in [0.4, 0.5) is 10.5 Å². The van der Waals surface area contributed by atoms with E-state index in [9.17, 15) is 9.59 Å². The van der Waals surface area contributed by atoms with Gasteiger partial charge in [-0.25, -0.2) is 9.59 Å². The second-order valence-electron chi connectivity index (χ2n) is 5.58. The maximum absolute atomic E-state index is 11.6. The summed E-state index contributed by atoms with van der Waals surface area (Å²) >= 11 is 0. The third kappa shape index (κ3) is 3.85. The molecule has 0 saturated carbocycles. The molecule has 0 saturated heterocycles. The highest BCUT2D eigenvalue weighted by molar-refractivity contribution is 5.94. The van der Waals surface area contributed by atoms with Gasteiger partial charge in [0.15, 0.2) is 5.76 Å². The molecular weight excluding hydrogens is 288 g/mol. The van der Waals surface area contributed by atoms with Crippen molar-refractivity contribution in [2.75, 3.05) is 5.32 Å². The maximum Gasteiger partial charge on any atom is 0.412 e. The van der Waals surface area contributed by atoms with E-state index < -0.39 is 17.7 Å². The predicted molar refractivity (Wildman–Crippen MR) is 78.8 cm³/mol. The first-order valence-electron chi connectivity index (χ1n) is 6.55. The van der Waals surface area contributed by atoms with Gasteiger partial charge in [0.2, 0.25) is 0 Å². The van der Waals surface area contributed by atoms with E-state index >= 15 is 0 Å². The van der Waals surface area contributed by atoms with Crippen LogP contribution in [0.15, 0.2) is 35.0 Å². The van der Waals surface area contributed by atoms with Crippen LogP contribution in [-0.2, 0) is 4.74 Å². The quantitative estimate of drug-likeness (QED) is 0.901. The number of rotatable bonds is 3. The fraction of sp³-hybridized carbons (Fsp3) is 0.267. The molecule has 2 rings (SSSR count). The number of carbonyl (C=O) groups excluding carboxylic acids is 1. The third-order valence-electron chi connectivity index (χ3n) is 2.59. The summed E-state index contributed by atoms with van der Waals surface area (Å²) in [6.07, 6.45) is 0.580. The molecule has 0 bridgehead atoms. The molecule has 116 valence electrons. The Morgan fingerprint density at radius 1 is 1.23 bits per heavy atom. The number of hydrogen-bond donors (Lipinski definition) is 2. The van der Waals surface area contributed by atoms with Gasteiger partial charge in [0.25, 0.3) is 0 Å². The molecule has 0 aliphatic heterocycles. The van der Waals surface area contributed by atoms with Crippen LogP contribution in [-0.4, -0.2) is 27.9 Å². The first kappa shape index (κ1) is 15.6. The molecular formula is C15H16N2O5. The number of ether oxygens (including phenoxy) is 1. The zero-order valence-corrected chi connectivity index (χ0v) is 12.4. The van der Waals surface area contributed by atoms with Gasteiger partial charge < -0.3 is 14.4 Å². The van der Waals surface area contributed by atoms with Crippen LogP contribution in [0.5, 0.6) is 0 Å². The number of nitrogens with one attached hydrogen (secondary N) is 1. The summed E-state index contributed by atoms with van der Waals surface area (Å²) in [7, 11) is 0. The number of carboxylic acids is 1. The van der Waals surface area contributed by atoms with Crippen LogP contribution in [0.3, 0.4) is 0 Å². The number of hydrogen-bond acceptors (Lipinski definition) is 5. The van der Waals surface area contributed by atoms with E-state index in [0.717, 1.165) is 6.20 Å². The van der Waals surface area contributed by atoms with Crippen molar-refractivity contribution in [1.29, 1.82) is 0 Å². The van der Waals surface area contributed by atoms with Crippen molar-refractivity contribution in [1.82, 2.24) is 5.16 Å². The molecule has 0 aliphatic carbocycles. The number of carbonyl (C=O) groups is 2. The van der Waals surface area contributed by atoms with Crippen molar-refractivity contribution in [2.45, 2.75) is 26.4 Å². The summed E-state index contributed by atoms with van der Waals surface area (Å²) in [5.41, 5.74) is 0.465. The summed E-state index contributed by atoms with van der Waals surface area (Å²) < 4.78 is 10.1. The van der Waals surface area contributed by atoms with E-state index in [1.807, 2.05) is 0 Å². The van der Waals surface area contributed by atoms with E-state index in [-0.39, 0.29) is 11.3 Å². The van der Waals surface area contributed by atoms with Gasteiger partial charge >= 0.3 is 12.1 Å². The Bertz CT molecular complexity index is 683. The van der Waals surface area contributed by atoms with Crippen LogP contribution < -0.4 is 5.32 Å². The number of aromatic nitrogens is 1. The largest absolute Gasteiger partial charge is 0.477 e. The summed E-state index contributed by atoms with van der Waals surface area (Å²) in [6, 6.07) is 6.49. The minimum Gasteiger partial charge on any atom is -0.477 e. The normalized spacial score (nSPS) is 11.0. The second-order valence-corrected chi connectivity index (χ2v) is 5.58. The van der Waals surface area contributed by atoms with Crippen molar-refractivity contribution < 1.29 is 24.0 Å². The Balaban J connectivity index is 2.12. The molecule has 1 amide bonds. The highest BCUT2D eigenvalue weighted by Gasteiger charge is 2.18. The molecule has 2 N–H and O–H groups in total. The zero-order chi connectivity index (χ0) is 16.3. The fourth-order valence-corrected chi connectivity index (χ4v) is 1.73. The van der Waals surface area contributed by atoms with Crippen LogP contribution >= 0.6 is 0 Å². The molecule has 0 unspecified atom stereocenters. The lowest BCUT2D eigenvalue weighted by Gasteiger charge is -2.19. The third-order valence-corrected chi connectivity index (χ3v) is 2.59. The Kier molecular flexibility index (Phi) is 4.16. The molecule has 2 aromatic rings. The van der Waals surface area contributed by atoms with Crippen molar-refractivity contribution >= 4 is 17.7 Å². The number of carboxylic acid groups (broad SMARTS) is 1. The summed E-state index contributed by atoms with van der Waals surface area (Å²) in [4.78, 5) is 22.7. The predicted octanol–water partition coefficient (Wildman–Crippen LogP) is 3.39. The Labute approximate surface area is 126 Å². The topological polar surface area (TPSA) is 102 Å². The van der Waals surface area contributed by atoms with Crippen LogP contribution in [0.1, 0.15) is 31.1 Å². The highest BCUT2D eigenvalue weighted by atomic mass is 16.6. The molecule has 0 atom stereocenters. The van der Waals surface area contributed by atoms with Gasteiger partial charge in [0.05, 0.1) is 6.20 Å². The van der Waals surface area contributed by atoms with Gasteiger partial charge in [-0.15, -0.1) is 0 Å². The maximum atomic E-state index is 11.6. The molecule has 1 heterocycles. The number of benzene rings is 1. The monoisotopic (exact) mass is 304 g/mol. The van der Waals surface area contributed by atoms with Crippen molar-refractivity contribution in [3.05, 3.63) is 36.0 Å². The highest BCUT2D eigenvalue weighted by Crippen LogP contribution is 2.25. The van der Waals surface area contributed by atoms with Gasteiger partial charge in [-0.2, -0.15) is 0 Å². The zero-order valence-electron chi connectivity index (χ0n) is 12.4. The molecule has 7 nitrogen and oxygen atoms in total. The van der Waals surface area contributed by atoms with E-state index in [4.69, 9.17) is 14.4 Å². The van der Waals surface area contributed by atoms with Gasteiger partial charge in [0.1, 0.15) is 11.2 Å². The van der Waals surface area contributed by atoms with Crippen LogP contribution in [0, 0.1) is 0 Å². The lowest BCUT2D eigenvalue weighted by molar-refractivity contribution is 0.0634. The van der Waals surface area contributed by atoms with Crippen LogP contribution in [0.25, 0.3) is 11.3 Å². The molecule has 0 fully saturated rings. The molecule has 0 radical (unpaired) electrons. The summed E-state index contributed by atoms with van der Waals surface area (Å²) in [6.45, 7) is 5.31. The van der Waals surface area contributed by atoms with Gasteiger partial charge in [-0.05, 0) is 45.0 Å². The molecule has 7 heteroatoms. The average molecular weight is 304 g/mol. The number of anilines is 1. The standard InChI is InChI=1S/C15H16N2O5/c1-15(2,3)21-14(20)17-10-6-4-9(5-7-10)12-11(13(18)19)8-16-22-12/h4-8H,1-3H3,(H,17,20)(H,18,19). The molecule has 1 aromatic carbocycles. The van der Waals surface area contributed by atoms with E-state index in [1.165, 1.54) is 0 Å². The second kappa shape index (κ2) is 5.88. The van der Waals surface area contributed by atoms with Crippen molar-refractivity contribution in [3.63, 3.8) is 0 Å².